The van der Waals surface area contributed by atoms with Gasteiger partial charge in [0.1, 0.15) is 0 Å². The number of nitrogens with one attached hydrogen (secondary N) is 1. The van der Waals surface area contributed by atoms with Crippen molar-refractivity contribution in [3.8, 4) is 0 Å². The standard InChI is InChI=1S/C12H20N4O/c1-2-16(11-3-5-13-9-11)12(17)4-7-15-8-6-14-10-15/h6,8,10-11,13H,2-5,7,9H2,1H3. The van der Waals surface area contributed by atoms with E-state index in [2.05, 4.69) is 10.3 Å². The lowest BCUT2D eigenvalue weighted by Crippen LogP contribution is -2.41. The van der Waals surface area contributed by atoms with Crippen LogP contribution in [-0.4, -0.2) is 46.0 Å². The van der Waals surface area contributed by atoms with Crippen LogP contribution in [0.2, 0.25) is 0 Å². The first-order valence-corrected chi connectivity index (χ1v) is 6.27. The van der Waals surface area contributed by atoms with Gasteiger partial charge in [-0.15, -0.1) is 0 Å². The molecule has 1 amide bonds. The van der Waals surface area contributed by atoms with Gasteiger partial charge in [0.25, 0.3) is 0 Å². The molecule has 1 atom stereocenters. The van der Waals surface area contributed by atoms with Crippen LogP contribution in [0, 0.1) is 0 Å². The molecule has 17 heavy (non-hydrogen) atoms. The van der Waals surface area contributed by atoms with Crippen molar-refractivity contribution in [2.24, 2.45) is 0 Å². The molecule has 1 saturated heterocycles. The molecule has 1 N–H and O–H groups in total. The van der Waals surface area contributed by atoms with Crippen molar-refractivity contribution in [2.45, 2.75) is 32.4 Å². The molecule has 94 valence electrons. The lowest BCUT2D eigenvalue weighted by molar-refractivity contribution is -0.133. The van der Waals surface area contributed by atoms with E-state index >= 15 is 0 Å². The normalized spacial score (nSPS) is 19.5. The van der Waals surface area contributed by atoms with Crippen molar-refractivity contribution >= 4 is 5.91 Å². The summed E-state index contributed by atoms with van der Waals surface area (Å²) in [5.41, 5.74) is 0. The zero-order chi connectivity index (χ0) is 12.1. The first-order chi connectivity index (χ1) is 8.31. The molecule has 1 unspecified atom stereocenters. The Kier molecular flexibility index (Phi) is 4.14. The van der Waals surface area contributed by atoms with Crippen LogP contribution in [0.3, 0.4) is 0 Å². The van der Waals surface area contributed by atoms with E-state index in [9.17, 15) is 4.79 Å². The minimum absolute atomic E-state index is 0.245. The van der Waals surface area contributed by atoms with Crippen molar-refractivity contribution in [2.75, 3.05) is 19.6 Å². The fourth-order valence-electron chi connectivity index (χ4n) is 2.33. The van der Waals surface area contributed by atoms with Gasteiger partial charge in [-0.1, -0.05) is 0 Å². The van der Waals surface area contributed by atoms with Gasteiger partial charge in [0.2, 0.25) is 5.91 Å². The molecule has 0 aliphatic carbocycles. The third kappa shape index (κ3) is 3.06. The van der Waals surface area contributed by atoms with E-state index in [-0.39, 0.29) is 5.91 Å². The van der Waals surface area contributed by atoms with Gasteiger partial charge in [-0.3, -0.25) is 4.79 Å². The fraction of sp³-hybridized carbons (Fsp3) is 0.667. The van der Waals surface area contributed by atoms with Gasteiger partial charge < -0.3 is 14.8 Å². The van der Waals surface area contributed by atoms with Crippen LogP contribution in [0.15, 0.2) is 18.7 Å². The van der Waals surface area contributed by atoms with Gasteiger partial charge >= 0.3 is 0 Å². The van der Waals surface area contributed by atoms with Crippen LogP contribution in [0.1, 0.15) is 19.8 Å². The molecule has 0 spiro atoms. The van der Waals surface area contributed by atoms with Gasteiger partial charge in [-0.05, 0) is 19.9 Å². The minimum atomic E-state index is 0.245. The Balaban J connectivity index is 1.84. The predicted octanol–water partition coefficient (Wildman–Crippen LogP) is 0.484. The van der Waals surface area contributed by atoms with Gasteiger partial charge in [-0.25, -0.2) is 4.98 Å². The summed E-state index contributed by atoms with van der Waals surface area (Å²) >= 11 is 0. The highest BCUT2D eigenvalue weighted by Crippen LogP contribution is 2.10. The van der Waals surface area contributed by atoms with Crippen molar-refractivity contribution in [1.82, 2.24) is 19.8 Å². The van der Waals surface area contributed by atoms with Crippen LogP contribution < -0.4 is 5.32 Å². The summed E-state index contributed by atoms with van der Waals surface area (Å²) < 4.78 is 1.94. The maximum absolute atomic E-state index is 12.1. The average molecular weight is 236 g/mol. The lowest BCUT2D eigenvalue weighted by Gasteiger charge is -2.27. The number of rotatable bonds is 5. The lowest BCUT2D eigenvalue weighted by atomic mass is 10.2. The Hall–Kier alpha value is -1.36. The Morgan fingerprint density at radius 1 is 1.65 bits per heavy atom. The highest BCUT2D eigenvalue weighted by molar-refractivity contribution is 5.76. The van der Waals surface area contributed by atoms with Gasteiger partial charge in [0.05, 0.1) is 6.33 Å². The maximum Gasteiger partial charge on any atom is 0.224 e. The zero-order valence-electron chi connectivity index (χ0n) is 10.3. The van der Waals surface area contributed by atoms with Crippen molar-refractivity contribution in [3.63, 3.8) is 0 Å². The molecular weight excluding hydrogens is 216 g/mol. The molecule has 5 nitrogen and oxygen atoms in total. The molecule has 0 saturated carbocycles. The number of aromatic nitrogens is 2. The third-order valence-electron chi connectivity index (χ3n) is 3.28. The number of hydrogen-bond donors (Lipinski definition) is 1. The van der Waals surface area contributed by atoms with Gasteiger partial charge in [0, 0.05) is 44.5 Å². The van der Waals surface area contributed by atoms with E-state index in [1.807, 2.05) is 22.6 Å². The second-order valence-electron chi connectivity index (χ2n) is 4.38. The fourth-order valence-corrected chi connectivity index (χ4v) is 2.33. The van der Waals surface area contributed by atoms with Crippen LogP contribution in [0.4, 0.5) is 0 Å². The van der Waals surface area contributed by atoms with Crippen LogP contribution in [0.25, 0.3) is 0 Å². The quantitative estimate of drug-likeness (QED) is 0.809. The summed E-state index contributed by atoms with van der Waals surface area (Å²) in [6.07, 6.45) is 7.01. The molecule has 0 radical (unpaired) electrons. The number of carbonyl (C=O) groups is 1. The first-order valence-electron chi connectivity index (χ1n) is 6.27. The Morgan fingerprint density at radius 3 is 3.12 bits per heavy atom. The van der Waals surface area contributed by atoms with E-state index in [0.29, 0.717) is 12.5 Å². The highest BCUT2D eigenvalue weighted by Gasteiger charge is 2.24. The number of hydrogen-bond acceptors (Lipinski definition) is 3. The summed E-state index contributed by atoms with van der Waals surface area (Å²) in [7, 11) is 0. The number of nitrogens with zero attached hydrogens (tertiary/aromatic N) is 3. The molecule has 1 aromatic heterocycles. The zero-order valence-corrected chi connectivity index (χ0v) is 10.3. The molecule has 1 aliphatic heterocycles. The molecule has 2 heterocycles. The van der Waals surface area contributed by atoms with E-state index < -0.39 is 0 Å². The second kappa shape index (κ2) is 5.82. The molecule has 5 heteroatoms. The van der Waals surface area contributed by atoms with Crippen LogP contribution in [0.5, 0.6) is 0 Å². The number of amides is 1. The van der Waals surface area contributed by atoms with E-state index in [1.54, 1.807) is 12.5 Å². The van der Waals surface area contributed by atoms with E-state index in [4.69, 9.17) is 0 Å². The smallest absolute Gasteiger partial charge is 0.224 e. The number of carbonyl (C=O) groups excluding carboxylic acids is 1. The summed E-state index contributed by atoms with van der Waals surface area (Å²) in [5.74, 6) is 0.245. The summed E-state index contributed by atoms with van der Waals surface area (Å²) in [6, 6.07) is 0.385. The Labute approximate surface area is 102 Å². The van der Waals surface area contributed by atoms with E-state index in [0.717, 1.165) is 32.6 Å². The molecule has 1 aromatic rings. The second-order valence-corrected chi connectivity index (χ2v) is 4.38. The molecule has 0 bridgehead atoms. The predicted molar refractivity (Wildman–Crippen MR) is 65.5 cm³/mol. The first kappa shape index (κ1) is 12.1. The average Bonchev–Trinajstić information content (AvgIpc) is 3.00. The highest BCUT2D eigenvalue weighted by atomic mass is 16.2. The third-order valence-corrected chi connectivity index (χ3v) is 3.28. The van der Waals surface area contributed by atoms with Crippen molar-refractivity contribution in [1.29, 1.82) is 0 Å². The number of likely N-dealkylation sites (N-methyl/N-ethyl adjacent to an activating group) is 1. The van der Waals surface area contributed by atoms with Crippen molar-refractivity contribution < 1.29 is 4.79 Å². The molecular formula is C12H20N4O. The molecule has 1 fully saturated rings. The summed E-state index contributed by atoms with van der Waals surface area (Å²) in [6.45, 7) is 5.53. The van der Waals surface area contributed by atoms with Gasteiger partial charge in [-0.2, -0.15) is 0 Å². The largest absolute Gasteiger partial charge is 0.339 e. The number of imidazole rings is 1. The molecule has 0 aromatic carbocycles. The summed E-state index contributed by atoms with van der Waals surface area (Å²) in [4.78, 5) is 18.1. The van der Waals surface area contributed by atoms with Crippen LogP contribution >= 0.6 is 0 Å². The van der Waals surface area contributed by atoms with Crippen LogP contribution in [-0.2, 0) is 11.3 Å². The van der Waals surface area contributed by atoms with Gasteiger partial charge in [0.15, 0.2) is 0 Å². The topological polar surface area (TPSA) is 50.2 Å². The maximum atomic E-state index is 12.1. The van der Waals surface area contributed by atoms with E-state index in [1.165, 1.54) is 0 Å². The monoisotopic (exact) mass is 236 g/mol. The Morgan fingerprint density at radius 2 is 2.53 bits per heavy atom. The van der Waals surface area contributed by atoms with Crippen molar-refractivity contribution in [3.05, 3.63) is 18.7 Å². The Bertz CT molecular complexity index is 343. The SMILES string of the molecule is CCN(C(=O)CCn1ccnc1)C1CCNC1. The molecule has 1 aliphatic rings. The summed E-state index contributed by atoms with van der Waals surface area (Å²) in [5, 5.41) is 3.30. The molecule has 2 rings (SSSR count). The minimum Gasteiger partial charge on any atom is -0.339 e. The number of aryl methyl sites for hydroxylation is 1.